The second kappa shape index (κ2) is 5.42. The molecule has 0 saturated carbocycles. The molecule has 0 saturated heterocycles. The average molecular weight is 312 g/mol. The number of ether oxygens (including phenoxy) is 1. The van der Waals surface area contributed by atoms with Crippen LogP contribution < -0.4 is 0 Å². The van der Waals surface area contributed by atoms with Gasteiger partial charge in [-0.1, -0.05) is 28.1 Å². The van der Waals surface area contributed by atoms with E-state index in [4.69, 9.17) is 0 Å². The number of esters is 1. The van der Waals surface area contributed by atoms with Crippen molar-refractivity contribution in [3.05, 3.63) is 50.4 Å². The highest BCUT2D eigenvalue weighted by atomic mass is 79.9. The van der Waals surface area contributed by atoms with Gasteiger partial charge in [0.2, 0.25) is 0 Å². The van der Waals surface area contributed by atoms with Crippen LogP contribution in [0.1, 0.15) is 20.2 Å². The molecule has 88 valence electrons. The smallest absolute Gasteiger partial charge is 0.349 e. The van der Waals surface area contributed by atoms with E-state index in [1.807, 2.05) is 24.3 Å². The summed E-state index contributed by atoms with van der Waals surface area (Å²) in [6.07, 6.45) is 2.29. The monoisotopic (exact) mass is 311 g/mol. The second-order valence-electron chi connectivity index (χ2n) is 3.41. The Labute approximate surface area is 112 Å². The molecule has 0 N–H and O–H groups in total. The molecule has 0 fully saturated rings. The lowest BCUT2D eigenvalue weighted by molar-refractivity contribution is 0.0606. The summed E-state index contributed by atoms with van der Waals surface area (Å²) < 4.78 is 5.69. The zero-order valence-corrected chi connectivity index (χ0v) is 11.5. The fourth-order valence-electron chi connectivity index (χ4n) is 1.36. The van der Waals surface area contributed by atoms with Gasteiger partial charge in [-0.25, -0.2) is 9.78 Å². The average Bonchev–Trinajstić information content (AvgIpc) is 2.80. The molecule has 2 rings (SSSR count). The highest BCUT2D eigenvalue weighted by molar-refractivity contribution is 9.10. The van der Waals surface area contributed by atoms with E-state index in [1.54, 1.807) is 6.20 Å². The maximum atomic E-state index is 11.3. The summed E-state index contributed by atoms with van der Waals surface area (Å²) in [6, 6.07) is 8.04. The summed E-state index contributed by atoms with van der Waals surface area (Å²) in [7, 11) is 1.37. The number of nitrogens with zero attached hydrogens (tertiary/aromatic N) is 1. The van der Waals surface area contributed by atoms with Gasteiger partial charge in [0, 0.05) is 10.9 Å². The maximum Gasteiger partial charge on any atom is 0.349 e. The standard InChI is InChI=1S/C12H10BrNO2S/c1-16-12(15)10-7-14-11(17-10)6-8-2-4-9(13)5-3-8/h2-5,7H,6H2,1H3. The molecule has 0 bridgehead atoms. The zero-order valence-electron chi connectivity index (χ0n) is 9.14. The molecule has 5 heteroatoms. The topological polar surface area (TPSA) is 39.2 Å². The molecule has 0 amide bonds. The minimum absolute atomic E-state index is 0.329. The van der Waals surface area contributed by atoms with Crippen LogP contribution in [0.25, 0.3) is 0 Å². The Balaban J connectivity index is 2.11. The number of methoxy groups -OCH3 is 1. The number of thiazole rings is 1. The van der Waals surface area contributed by atoms with Gasteiger partial charge in [-0.2, -0.15) is 0 Å². The Hall–Kier alpha value is -1.20. The largest absolute Gasteiger partial charge is 0.465 e. The molecule has 0 atom stereocenters. The summed E-state index contributed by atoms with van der Waals surface area (Å²) in [5, 5.41) is 0.910. The van der Waals surface area contributed by atoms with Gasteiger partial charge in [0.25, 0.3) is 0 Å². The SMILES string of the molecule is COC(=O)c1cnc(Cc2ccc(Br)cc2)s1. The lowest BCUT2D eigenvalue weighted by atomic mass is 10.2. The van der Waals surface area contributed by atoms with Gasteiger partial charge in [-0.3, -0.25) is 0 Å². The van der Waals surface area contributed by atoms with Gasteiger partial charge in [-0.05, 0) is 17.7 Å². The summed E-state index contributed by atoms with van der Waals surface area (Å²) >= 11 is 4.76. The van der Waals surface area contributed by atoms with Crippen LogP contribution in [0.2, 0.25) is 0 Å². The molecule has 0 aliphatic heterocycles. The molecule has 1 heterocycles. The fraction of sp³-hybridized carbons (Fsp3) is 0.167. The Morgan fingerprint density at radius 3 is 2.76 bits per heavy atom. The summed E-state index contributed by atoms with van der Waals surface area (Å²) in [5.41, 5.74) is 1.17. The molecule has 0 spiro atoms. The van der Waals surface area contributed by atoms with E-state index in [2.05, 4.69) is 25.7 Å². The molecule has 3 nitrogen and oxygen atoms in total. The minimum atomic E-state index is -0.329. The van der Waals surface area contributed by atoms with Crippen LogP contribution in [0.4, 0.5) is 0 Å². The Morgan fingerprint density at radius 1 is 1.41 bits per heavy atom. The summed E-state index contributed by atoms with van der Waals surface area (Å²) in [5.74, 6) is -0.329. The van der Waals surface area contributed by atoms with E-state index in [-0.39, 0.29) is 5.97 Å². The molecule has 1 aromatic carbocycles. The van der Waals surface area contributed by atoms with Crippen molar-refractivity contribution in [2.24, 2.45) is 0 Å². The number of halogens is 1. The third-order valence-electron chi connectivity index (χ3n) is 2.21. The van der Waals surface area contributed by atoms with E-state index < -0.39 is 0 Å². The number of aromatic nitrogens is 1. The third-order valence-corrected chi connectivity index (χ3v) is 3.71. The van der Waals surface area contributed by atoms with Gasteiger partial charge >= 0.3 is 5.97 Å². The van der Waals surface area contributed by atoms with Gasteiger partial charge in [-0.15, -0.1) is 11.3 Å². The number of carbonyl (C=O) groups is 1. The quantitative estimate of drug-likeness (QED) is 0.817. The third kappa shape index (κ3) is 3.14. The summed E-state index contributed by atoms with van der Waals surface area (Å²) in [6.45, 7) is 0. The molecule has 0 aliphatic carbocycles. The Morgan fingerprint density at radius 2 is 2.12 bits per heavy atom. The van der Waals surface area contributed by atoms with Crippen LogP contribution in [0.15, 0.2) is 34.9 Å². The Kier molecular flexibility index (Phi) is 3.91. The number of benzene rings is 1. The van der Waals surface area contributed by atoms with E-state index in [0.29, 0.717) is 4.88 Å². The molecular weight excluding hydrogens is 302 g/mol. The van der Waals surface area contributed by atoms with E-state index in [1.165, 1.54) is 24.0 Å². The second-order valence-corrected chi connectivity index (χ2v) is 5.44. The van der Waals surface area contributed by atoms with Crippen LogP contribution in [-0.2, 0) is 11.2 Å². The van der Waals surface area contributed by atoms with Crippen LogP contribution in [0.3, 0.4) is 0 Å². The number of rotatable bonds is 3. The van der Waals surface area contributed by atoms with Crippen molar-refractivity contribution in [3.63, 3.8) is 0 Å². The zero-order chi connectivity index (χ0) is 12.3. The normalized spacial score (nSPS) is 10.2. The molecular formula is C12H10BrNO2S. The van der Waals surface area contributed by atoms with Crippen molar-refractivity contribution < 1.29 is 9.53 Å². The van der Waals surface area contributed by atoms with Gasteiger partial charge in [0.15, 0.2) is 0 Å². The Bertz CT molecular complexity index is 522. The predicted molar refractivity (Wildman–Crippen MR) is 70.4 cm³/mol. The molecule has 17 heavy (non-hydrogen) atoms. The van der Waals surface area contributed by atoms with Crippen molar-refractivity contribution in [2.75, 3.05) is 7.11 Å². The van der Waals surface area contributed by atoms with Crippen molar-refractivity contribution in [2.45, 2.75) is 6.42 Å². The van der Waals surface area contributed by atoms with Crippen LogP contribution in [-0.4, -0.2) is 18.1 Å². The molecule has 0 aliphatic rings. The van der Waals surface area contributed by atoms with Crippen molar-refractivity contribution in [1.29, 1.82) is 0 Å². The van der Waals surface area contributed by atoms with Crippen molar-refractivity contribution in [1.82, 2.24) is 4.98 Å². The summed E-state index contributed by atoms with van der Waals surface area (Å²) in [4.78, 5) is 16.0. The van der Waals surface area contributed by atoms with Crippen molar-refractivity contribution in [3.8, 4) is 0 Å². The van der Waals surface area contributed by atoms with E-state index in [0.717, 1.165) is 15.9 Å². The van der Waals surface area contributed by atoms with Gasteiger partial charge in [0.1, 0.15) is 4.88 Å². The van der Waals surface area contributed by atoms with E-state index in [9.17, 15) is 4.79 Å². The van der Waals surface area contributed by atoms with Crippen molar-refractivity contribution >= 4 is 33.2 Å². The minimum Gasteiger partial charge on any atom is -0.465 e. The maximum absolute atomic E-state index is 11.3. The first-order valence-electron chi connectivity index (χ1n) is 4.96. The fourth-order valence-corrected chi connectivity index (χ4v) is 2.50. The molecule has 0 unspecified atom stereocenters. The number of carbonyl (C=O) groups excluding carboxylic acids is 1. The first kappa shape index (κ1) is 12.3. The van der Waals surface area contributed by atoms with Crippen LogP contribution >= 0.6 is 27.3 Å². The lowest BCUT2D eigenvalue weighted by Crippen LogP contribution is -1.96. The van der Waals surface area contributed by atoms with Gasteiger partial charge in [0.05, 0.1) is 18.3 Å². The lowest BCUT2D eigenvalue weighted by Gasteiger charge is -1.97. The molecule has 1 aromatic heterocycles. The molecule has 2 aromatic rings. The first-order valence-corrected chi connectivity index (χ1v) is 6.57. The molecule has 0 radical (unpaired) electrons. The highest BCUT2D eigenvalue weighted by Crippen LogP contribution is 2.19. The van der Waals surface area contributed by atoms with Crippen LogP contribution in [0, 0.1) is 0 Å². The predicted octanol–water partition coefficient (Wildman–Crippen LogP) is 3.28. The first-order chi connectivity index (χ1) is 8.19. The number of hydrogen-bond donors (Lipinski definition) is 0. The van der Waals surface area contributed by atoms with E-state index >= 15 is 0 Å². The van der Waals surface area contributed by atoms with Crippen LogP contribution in [0.5, 0.6) is 0 Å². The number of hydrogen-bond acceptors (Lipinski definition) is 4. The highest BCUT2D eigenvalue weighted by Gasteiger charge is 2.10. The van der Waals surface area contributed by atoms with Gasteiger partial charge < -0.3 is 4.74 Å².